The van der Waals surface area contributed by atoms with Crippen molar-refractivity contribution < 1.29 is 0 Å². The molecule has 1 aromatic carbocycles. The third-order valence-corrected chi connectivity index (χ3v) is 3.52. The molecule has 0 bridgehead atoms. The number of rotatable bonds is 2. The summed E-state index contributed by atoms with van der Waals surface area (Å²) in [5.41, 5.74) is 4.73. The molecule has 0 fully saturated rings. The third-order valence-electron chi connectivity index (χ3n) is 3.11. The lowest BCUT2D eigenvalue weighted by Crippen LogP contribution is -2.00. The Kier molecular flexibility index (Phi) is 3.81. The first kappa shape index (κ1) is 13.2. The lowest BCUT2D eigenvalue weighted by Gasteiger charge is -2.11. The van der Waals surface area contributed by atoms with Crippen molar-refractivity contribution in [3.8, 4) is 11.3 Å². The Morgan fingerprint density at radius 3 is 2.50 bits per heavy atom. The van der Waals surface area contributed by atoms with E-state index in [0.29, 0.717) is 5.92 Å². The summed E-state index contributed by atoms with van der Waals surface area (Å²) in [6, 6.07) is 8.29. The number of hydrogen-bond acceptors (Lipinski definition) is 2. The zero-order valence-electron chi connectivity index (χ0n) is 11.2. The predicted molar refractivity (Wildman–Crippen MR) is 78.7 cm³/mol. The summed E-state index contributed by atoms with van der Waals surface area (Å²) in [5, 5.41) is 0. The lowest BCUT2D eigenvalue weighted by atomic mass is 10.0. The van der Waals surface area contributed by atoms with E-state index in [2.05, 4.69) is 71.8 Å². The quantitative estimate of drug-likeness (QED) is 0.755. The van der Waals surface area contributed by atoms with Crippen LogP contribution in [0.5, 0.6) is 0 Å². The van der Waals surface area contributed by atoms with Crippen molar-refractivity contribution in [1.82, 2.24) is 9.97 Å². The molecular weight excluding hydrogens is 288 g/mol. The van der Waals surface area contributed by atoms with Gasteiger partial charge in [0, 0.05) is 11.5 Å². The molecule has 0 spiro atoms. The van der Waals surface area contributed by atoms with Crippen molar-refractivity contribution in [2.45, 2.75) is 33.6 Å². The monoisotopic (exact) mass is 304 g/mol. The van der Waals surface area contributed by atoms with Crippen molar-refractivity contribution in [1.29, 1.82) is 0 Å². The van der Waals surface area contributed by atoms with Gasteiger partial charge in [0.1, 0.15) is 10.4 Å². The smallest absolute Gasteiger partial charge is 0.132 e. The second-order valence-electron chi connectivity index (χ2n) is 4.84. The highest BCUT2D eigenvalue weighted by Crippen LogP contribution is 2.26. The van der Waals surface area contributed by atoms with Gasteiger partial charge < -0.3 is 0 Å². The van der Waals surface area contributed by atoms with E-state index < -0.39 is 0 Å². The molecule has 2 nitrogen and oxygen atoms in total. The molecule has 2 rings (SSSR count). The molecule has 2 aromatic rings. The average molecular weight is 305 g/mol. The summed E-state index contributed by atoms with van der Waals surface area (Å²) in [5.74, 6) is 1.20. The molecule has 0 N–H and O–H groups in total. The van der Waals surface area contributed by atoms with Crippen molar-refractivity contribution in [3.63, 3.8) is 0 Å². The fraction of sp³-hybridized carbons (Fsp3) is 0.333. The largest absolute Gasteiger partial charge is 0.233 e. The number of aromatic nitrogens is 2. The van der Waals surface area contributed by atoms with Gasteiger partial charge in [-0.25, -0.2) is 9.97 Å². The first-order valence-electron chi connectivity index (χ1n) is 6.10. The van der Waals surface area contributed by atoms with E-state index in [4.69, 9.17) is 0 Å². The van der Waals surface area contributed by atoms with Crippen LogP contribution >= 0.6 is 15.9 Å². The highest BCUT2D eigenvalue weighted by atomic mass is 79.9. The maximum atomic E-state index is 4.66. The Morgan fingerprint density at radius 1 is 1.11 bits per heavy atom. The topological polar surface area (TPSA) is 25.8 Å². The van der Waals surface area contributed by atoms with Crippen LogP contribution in [0.15, 0.2) is 28.9 Å². The number of aryl methyl sites for hydroxylation is 1. The highest BCUT2D eigenvalue weighted by molar-refractivity contribution is 9.10. The fourth-order valence-electron chi connectivity index (χ4n) is 1.86. The van der Waals surface area contributed by atoms with Crippen molar-refractivity contribution in [2.75, 3.05) is 0 Å². The van der Waals surface area contributed by atoms with Gasteiger partial charge in [0.15, 0.2) is 0 Å². The van der Waals surface area contributed by atoms with Crippen LogP contribution in [0, 0.1) is 13.8 Å². The van der Waals surface area contributed by atoms with Crippen molar-refractivity contribution >= 4 is 15.9 Å². The molecule has 94 valence electrons. The lowest BCUT2D eigenvalue weighted by molar-refractivity contribution is 0.771. The van der Waals surface area contributed by atoms with Gasteiger partial charge in [0.05, 0.1) is 5.69 Å². The van der Waals surface area contributed by atoms with Crippen molar-refractivity contribution in [2.24, 2.45) is 0 Å². The van der Waals surface area contributed by atoms with Gasteiger partial charge in [-0.05, 0) is 47.0 Å². The highest BCUT2D eigenvalue weighted by Gasteiger charge is 2.10. The normalized spacial score (nSPS) is 11.0. The molecule has 0 aliphatic heterocycles. The molecular formula is C15H17BrN2. The van der Waals surface area contributed by atoms with Gasteiger partial charge in [-0.3, -0.25) is 0 Å². The Hall–Kier alpha value is -1.22. The Balaban J connectivity index is 2.60. The Morgan fingerprint density at radius 2 is 1.83 bits per heavy atom. The van der Waals surface area contributed by atoms with Crippen LogP contribution in [0.4, 0.5) is 0 Å². The molecule has 1 heterocycles. The maximum Gasteiger partial charge on any atom is 0.132 e. The van der Waals surface area contributed by atoms with Gasteiger partial charge in [0.25, 0.3) is 0 Å². The van der Waals surface area contributed by atoms with Gasteiger partial charge >= 0.3 is 0 Å². The number of nitrogens with zero attached hydrogens (tertiary/aromatic N) is 2. The molecule has 0 amide bonds. The summed E-state index contributed by atoms with van der Waals surface area (Å²) >= 11 is 3.47. The SMILES string of the molecule is Cc1cccc(-c2cc(Br)nc(C(C)C)n2)c1C. The minimum atomic E-state index is 0.325. The predicted octanol–water partition coefficient (Wildman–Crippen LogP) is 4.65. The average Bonchev–Trinajstić information content (AvgIpc) is 2.31. The van der Waals surface area contributed by atoms with E-state index in [0.717, 1.165) is 16.1 Å². The molecule has 18 heavy (non-hydrogen) atoms. The van der Waals surface area contributed by atoms with Crippen LogP contribution in [0.1, 0.15) is 36.7 Å². The molecule has 1 aromatic heterocycles. The van der Waals surface area contributed by atoms with Crippen LogP contribution in [0.3, 0.4) is 0 Å². The second-order valence-corrected chi connectivity index (χ2v) is 5.65. The van der Waals surface area contributed by atoms with Crippen LogP contribution in [-0.4, -0.2) is 9.97 Å². The molecule has 0 unspecified atom stereocenters. The fourth-order valence-corrected chi connectivity index (χ4v) is 2.26. The molecule has 3 heteroatoms. The summed E-state index contributed by atoms with van der Waals surface area (Å²) in [6.45, 7) is 8.47. The van der Waals surface area contributed by atoms with E-state index >= 15 is 0 Å². The standard InChI is InChI=1S/C15H17BrN2/c1-9(2)15-17-13(8-14(16)18-15)12-7-5-6-10(3)11(12)4/h5-9H,1-4H3. The summed E-state index contributed by atoms with van der Waals surface area (Å²) in [4.78, 5) is 9.08. The first-order valence-corrected chi connectivity index (χ1v) is 6.89. The zero-order chi connectivity index (χ0) is 13.3. The molecule has 0 aliphatic carbocycles. The first-order chi connectivity index (χ1) is 8.49. The van der Waals surface area contributed by atoms with E-state index in [1.807, 2.05) is 6.07 Å². The summed E-state index contributed by atoms with van der Waals surface area (Å²) < 4.78 is 0.845. The van der Waals surface area contributed by atoms with E-state index in [-0.39, 0.29) is 0 Å². The summed E-state index contributed by atoms with van der Waals surface area (Å²) in [6.07, 6.45) is 0. The van der Waals surface area contributed by atoms with E-state index in [1.165, 1.54) is 16.7 Å². The second kappa shape index (κ2) is 5.19. The third kappa shape index (κ3) is 2.61. The number of halogens is 1. The zero-order valence-corrected chi connectivity index (χ0v) is 12.7. The maximum absolute atomic E-state index is 4.66. The van der Waals surface area contributed by atoms with E-state index in [1.54, 1.807) is 0 Å². The minimum absolute atomic E-state index is 0.325. The van der Waals surface area contributed by atoms with Crippen molar-refractivity contribution in [3.05, 3.63) is 45.8 Å². The van der Waals surface area contributed by atoms with E-state index in [9.17, 15) is 0 Å². The summed E-state index contributed by atoms with van der Waals surface area (Å²) in [7, 11) is 0. The minimum Gasteiger partial charge on any atom is -0.233 e. The van der Waals surface area contributed by atoms with Crippen LogP contribution in [0.25, 0.3) is 11.3 Å². The molecule has 0 saturated heterocycles. The van der Waals surface area contributed by atoms with Crippen LogP contribution < -0.4 is 0 Å². The molecule has 0 saturated carbocycles. The molecule has 0 aliphatic rings. The number of benzene rings is 1. The molecule has 0 radical (unpaired) electrons. The van der Waals surface area contributed by atoms with Crippen LogP contribution in [0.2, 0.25) is 0 Å². The van der Waals surface area contributed by atoms with Gasteiger partial charge in [0.2, 0.25) is 0 Å². The van der Waals surface area contributed by atoms with Gasteiger partial charge in [-0.2, -0.15) is 0 Å². The molecule has 0 atom stereocenters. The van der Waals surface area contributed by atoms with Gasteiger partial charge in [-0.1, -0.05) is 32.0 Å². The Labute approximate surface area is 117 Å². The Bertz CT molecular complexity index is 577. The van der Waals surface area contributed by atoms with Gasteiger partial charge in [-0.15, -0.1) is 0 Å². The van der Waals surface area contributed by atoms with Crippen LogP contribution in [-0.2, 0) is 0 Å². The number of hydrogen-bond donors (Lipinski definition) is 0.